The minimum absolute atomic E-state index is 0.156. The Kier molecular flexibility index (Phi) is 2.09. The number of halogens is 1. The van der Waals surface area contributed by atoms with Gasteiger partial charge in [-0.3, -0.25) is 0 Å². The second-order valence-electron chi connectivity index (χ2n) is 3.20. The number of hydrogen-bond donors (Lipinski definition) is 1. The molecule has 0 radical (unpaired) electrons. The van der Waals surface area contributed by atoms with Crippen LogP contribution < -0.4 is 5.32 Å². The van der Waals surface area contributed by atoms with Crippen molar-refractivity contribution < 1.29 is 4.39 Å². The molecule has 1 nitrogen and oxygen atoms in total. The van der Waals surface area contributed by atoms with Crippen LogP contribution in [0.25, 0.3) is 0 Å². The van der Waals surface area contributed by atoms with Crippen molar-refractivity contribution in [3.05, 3.63) is 35.6 Å². The van der Waals surface area contributed by atoms with Gasteiger partial charge >= 0.3 is 0 Å². The molecule has 1 aliphatic heterocycles. The molecule has 12 heavy (non-hydrogen) atoms. The van der Waals surface area contributed by atoms with E-state index >= 15 is 0 Å². The van der Waals surface area contributed by atoms with Crippen LogP contribution >= 0.6 is 0 Å². The van der Waals surface area contributed by atoms with Crippen molar-refractivity contribution in [3.8, 4) is 0 Å². The highest BCUT2D eigenvalue weighted by atomic mass is 19.1. The molecule has 2 rings (SSSR count). The van der Waals surface area contributed by atoms with E-state index in [0.29, 0.717) is 6.04 Å². The molecule has 1 aromatic carbocycles. The summed E-state index contributed by atoms with van der Waals surface area (Å²) < 4.78 is 12.6. The second kappa shape index (κ2) is 3.23. The fourth-order valence-corrected chi connectivity index (χ4v) is 1.66. The molecule has 1 fully saturated rings. The molecule has 2 heteroatoms. The third-order valence-electron chi connectivity index (χ3n) is 2.33. The summed E-state index contributed by atoms with van der Waals surface area (Å²) >= 11 is 0. The molecule has 1 N–H and O–H groups in total. The van der Waals surface area contributed by atoms with E-state index in [-0.39, 0.29) is 5.82 Å². The summed E-state index contributed by atoms with van der Waals surface area (Å²) in [5.74, 6) is -0.156. The standard InChI is InChI=1S/C10H12FN/c11-9-5-3-8(4-6-9)10-2-1-7-12-10/h3-6,10,12H,1-2,7H2/t10-/m1/s1. The molecule has 0 spiro atoms. The summed E-state index contributed by atoms with van der Waals surface area (Å²) in [5.41, 5.74) is 1.20. The SMILES string of the molecule is Fc1ccc([C@H]2CCCN2)cc1. The molecule has 0 unspecified atom stereocenters. The number of nitrogens with one attached hydrogen (secondary N) is 1. The minimum atomic E-state index is -0.156. The molecule has 0 amide bonds. The van der Waals surface area contributed by atoms with E-state index in [1.165, 1.54) is 30.5 Å². The smallest absolute Gasteiger partial charge is 0.123 e. The Hall–Kier alpha value is -0.890. The minimum Gasteiger partial charge on any atom is -0.310 e. The van der Waals surface area contributed by atoms with Gasteiger partial charge in [-0.1, -0.05) is 12.1 Å². The van der Waals surface area contributed by atoms with E-state index in [2.05, 4.69) is 5.32 Å². The number of rotatable bonds is 1. The largest absolute Gasteiger partial charge is 0.310 e. The van der Waals surface area contributed by atoms with Crippen molar-refractivity contribution in [1.82, 2.24) is 5.32 Å². The van der Waals surface area contributed by atoms with Crippen LogP contribution in [-0.4, -0.2) is 6.54 Å². The quantitative estimate of drug-likeness (QED) is 0.673. The van der Waals surface area contributed by atoms with E-state index in [1.807, 2.05) is 12.1 Å². The first-order valence-corrected chi connectivity index (χ1v) is 4.35. The lowest BCUT2D eigenvalue weighted by molar-refractivity contribution is 0.617. The van der Waals surface area contributed by atoms with Crippen molar-refractivity contribution in [2.24, 2.45) is 0 Å². The Morgan fingerprint density at radius 3 is 2.58 bits per heavy atom. The van der Waals surface area contributed by atoms with Gasteiger partial charge in [0.25, 0.3) is 0 Å². The summed E-state index contributed by atoms with van der Waals surface area (Å²) in [4.78, 5) is 0. The zero-order valence-electron chi connectivity index (χ0n) is 6.89. The van der Waals surface area contributed by atoms with Crippen molar-refractivity contribution in [3.63, 3.8) is 0 Å². The Bertz CT molecular complexity index is 249. The normalized spacial score (nSPS) is 22.9. The van der Waals surface area contributed by atoms with E-state index in [1.54, 1.807) is 0 Å². The average Bonchev–Trinajstić information content (AvgIpc) is 2.58. The van der Waals surface area contributed by atoms with Gasteiger partial charge in [0.05, 0.1) is 0 Å². The van der Waals surface area contributed by atoms with Crippen LogP contribution in [0.5, 0.6) is 0 Å². The van der Waals surface area contributed by atoms with Gasteiger partial charge in [-0.15, -0.1) is 0 Å². The summed E-state index contributed by atoms with van der Waals surface area (Å²) in [6.45, 7) is 1.09. The zero-order valence-corrected chi connectivity index (χ0v) is 6.89. The first-order chi connectivity index (χ1) is 5.86. The van der Waals surface area contributed by atoms with Crippen molar-refractivity contribution >= 4 is 0 Å². The van der Waals surface area contributed by atoms with Crippen LogP contribution in [0.1, 0.15) is 24.4 Å². The Morgan fingerprint density at radius 2 is 2.00 bits per heavy atom. The number of benzene rings is 1. The molecule has 1 atom stereocenters. The zero-order chi connectivity index (χ0) is 8.39. The Morgan fingerprint density at radius 1 is 1.25 bits per heavy atom. The second-order valence-corrected chi connectivity index (χ2v) is 3.20. The summed E-state index contributed by atoms with van der Waals surface area (Å²) in [6.07, 6.45) is 2.40. The topological polar surface area (TPSA) is 12.0 Å². The van der Waals surface area contributed by atoms with Crippen LogP contribution in [0.4, 0.5) is 4.39 Å². The van der Waals surface area contributed by atoms with Crippen LogP contribution in [0.2, 0.25) is 0 Å². The molecule has 1 aliphatic rings. The first kappa shape index (κ1) is 7.74. The lowest BCUT2D eigenvalue weighted by Gasteiger charge is -2.09. The molecule has 1 saturated heterocycles. The van der Waals surface area contributed by atoms with Gasteiger partial charge in [0.1, 0.15) is 5.82 Å². The van der Waals surface area contributed by atoms with Crippen molar-refractivity contribution in [2.45, 2.75) is 18.9 Å². The van der Waals surface area contributed by atoms with Crippen LogP contribution in [0, 0.1) is 5.82 Å². The molecule has 64 valence electrons. The van der Waals surface area contributed by atoms with E-state index in [0.717, 1.165) is 6.54 Å². The van der Waals surface area contributed by atoms with Gasteiger partial charge in [0, 0.05) is 6.04 Å². The Labute approximate surface area is 71.6 Å². The molecule has 0 bridgehead atoms. The average molecular weight is 165 g/mol. The molecule has 0 aromatic heterocycles. The lowest BCUT2D eigenvalue weighted by Crippen LogP contribution is -2.12. The monoisotopic (exact) mass is 165 g/mol. The van der Waals surface area contributed by atoms with Gasteiger partial charge in [-0.25, -0.2) is 4.39 Å². The first-order valence-electron chi connectivity index (χ1n) is 4.35. The maximum Gasteiger partial charge on any atom is 0.123 e. The van der Waals surface area contributed by atoms with Gasteiger partial charge < -0.3 is 5.32 Å². The fourth-order valence-electron chi connectivity index (χ4n) is 1.66. The van der Waals surface area contributed by atoms with E-state index in [4.69, 9.17) is 0 Å². The summed E-state index contributed by atoms with van der Waals surface area (Å²) in [6, 6.07) is 7.21. The Balaban J connectivity index is 2.17. The van der Waals surface area contributed by atoms with Crippen molar-refractivity contribution in [1.29, 1.82) is 0 Å². The lowest BCUT2D eigenvalue weighted by atomic mass is 10.1. The van der Waals surface area contributed by atoms with Gasteiger partial charge in [0.2, 0.25) is 0 Å². The van der Waals surface area contributed by atoms with Crippen LogP contribution in [0.15, 0.2) is 24.3 Å². The molecule has 0 saturated carbocycles. The molecular weight excluding hydrogens is 153 g/mol. The molecular formula is C10H12FN. The van der Waals surface area contributed by atoms with Gasteiger partial charge in [-0.2, -0.15) is 0 Å². The maximum atomic E-state index is 12.6. The highest BCUT2D eigenvalue weighted by Gasteiger charge is 2.15. The van der Waals surface area contributed by atoms with Gasteiger partial charge in [-0.05, 0) is 37.1 Å². The van der Waals surface area contributed by atoms with E-state index < -0.39 is 0 Å². The third kappa shape index (κ3) is 1.48. The fraction of sp³-hybridized carbons (Fsp3) is 0.400. The molecule has 0 aliphatic carbocycles. The van der Waals surface area contributed by atoms with Crippen LogP contribution in [-0.2, 0) is 0 Å². The molecule has 1 heterocycles. The summed E-state index contributed by atoms with van der Waals surface area (Å²) in [7, 11) is 0. The highest BCUT2D eigenvalue weighted by molar-refractivity contribution is 5.20. The highest BCUT2D eigenvalue weighted by Crippen LogP contribution is 2.22. The number of hydrogen-bond acceptors (Lipinski definition) is 1. The van der Waals surface area contributed by atoms with Crippen molar-refractivity contribution in [2.75, 3.05) is 6.54 Å². The maximum absolute atomic E-state index is 12.6. The predicted octanol–water partition coefficient (Wildman–Crippen LogP) is 2.25. The van der Waals surface area contributed by atoms with E-state index in [9.17, 15) is 4.39 Å². The predicted molar refractivity (Wildman–Crippen MR) is 46.4 cm³/mol. The van der Waals surface area contributed by atoms with Gasteiger partial charge in [0.15, 0.2) is 0 Å². The third-order valence-corrected chi connectivity index (χ3v) is 2.33. The van der Waals surface area contributed by atoms with Crippen LogP contribution in [0.3, 0.4) is 0 Å². The molecule has 1 aromatic rings. The summed E-state index contributed by atoms with van der Waals surface area (Å²) in [5, 5.41) is 3.37.